The highest BCUT2D eigenvalue weighted by Gasteiger charge is 2.20. The number of amides is 1. The van der Waals surface area contributed by atoms with Crippen molar-refractivity contribution < 1.29 is 9.90 Å². The Bertz CT molecular complexity index is 723. The number of hydrogen-bond donors (Lipinski definition) is 2. The largest absolute Gasteiger partial charge is 0.392 e. The molecule has 6 heteroatoms. The summed E-state index contributed by atoms with van der Waals surface area (Å²) in [5, 5.41) is 12.9. The van der Waals surface area contributed by atoms with Crippen molar-refractivity contribution in [2.45, 2.75) is 25.6 Å². The Balaban J connectivity index is 1.64. The fourth-order valence-electron chi connectivity index (χ4n) is 2.90. The van der Waals surface area contributed by atoms with Gasteiger partial charge in [0.25, 0.3) is 5.91 Å². The van der Waals surface area contributed by atoms with Crippen LogP contribution in [-0.2, 0) is 13.1 Å². The average molecular weight is 346 g/mol. The maximum Gasteiger partial charge on any atom is 0.251 e. The second kappa shape index (κ2) is 7.75. The number of β-amino-alcohol motifs (C(OH)–C–C–N with tert-alkyl or cyclic N) is 1. The number of rotatable bonds is 5. The molecule has 1 aromatic heterocycles. The van der Waals surface area contributed by atoms with Gasteiger partial charge in [-0.25, -0.2) is 4.98 Å². The molecule has 126 valence electrons. The average Bonchev–Trinajstić information content (AvgIpc) is 2.99. The van der Waals surface area contributed by atoms with Gasteiger partial charge >= 0.3 is 0 Å². The summed E-state index contributed by atoms with van der Waals surface area (Å²) < 4.78 is 0. The third-order valence-electron chi connectivity index (χ3n) is 4.19. The van der Waals surface area contributed by atoms with Gasteiger partial charge in [-0.3, -0.25) is 9.69 Å². The first kappa shape index (κ1) is 16.9. The highest BCUT2D eigenvalue weighted by Crippen LogP contribution is 2.17. The van der Waals surface area contributed by atoms with Crippen LogP contribution in [0.15, 0.2) is 42.6 Å². The van der Waals surface area contributed by atoms with Crippen LogP contribution in [0.4, 0.5) is 0 Å². The topological polar surface area (TPSA) is 65.5 Å². The lowest BCUT2D eigenvalue weighted by Gasteiger charge is -2.18. The predicted octanol–water partition coefficient (Wildman–Crippen LogP) is 2.23. The Labute approximate surface area is 146 Å². The first-order valence-electron chi connectivity index (χ1n) is 7.99. The smallest absolute Gasteiger partial charge is 0.251 e. The van der Waals surface area contributed by atoms with Gasteiger partial charge in [0.1, 0.15) is 5.15 Å². The number of hydrogen-bond acceptors (Lipinski definition) is 4. The number of aromatic nitrogens is 1. The van der Waals surface area contributed by atoms with Crippen LogP contribution in [0.1, 0.15) is 27.9 Å². The molecule has 0 spiro atoms. The van der Waals surface area contributed by atoms with Crippen LogP contribution < -0.4 is 5.32 Å². The zero-order valence-corrected chi connectivity index (χ0v) is 14.0. The number of pyridine rings is 1. The van der Waals surface area contributed by atoms with Crippen LogP contribution in [0.2, 0.25) is 5.15 Å². The van der Waals surface area contributed by atoms with Crippen molar-refractivity contribution in [2.24, 2.45) is 0 Å². The summed E-state index contributed by atoms with van der Waals surface area (Å²) in [5.41, 5.74) is 2.74. The predicted molar refractivity (Wildman–Crippen MR) is 92.8 cm³/mol. The molecule has 0 radical (unpaired) electrons. The summed E-state index contributed by atoms with van der Waals surface area (Å²) in [6.07, 6.45) is 2.11. The minimum atomic E-state index is -0.228. The molecule has 0 bridgehead atoms. The highest BCUT2D eigenvalue weighted by molar-refractivity contribution is 6.29. The molecule has 1 atom stereocenters. The molecule has 1 aliphatic heterocycles. The number of nitrogens with zero attached hydrogens (tertiary/aromatic N) is 2. The van der Waals surface area contributed by atoms with E-state index in [4.69, 9.17) is 11.6 Å². The van der Waals surface area contributed by atoms with Gasteiger partial charge in [-0.2, -0.15) is 0 Å². The highest BCUT2D eigenvalue weighted by atomic mass is 35.5. The molecule has 2 heterocycles. The Hall–Kier alpha value is -1.95. The number of carbonyl (C=O) groups is 1. The van der Waals surface area contributed by atoms with Gasteiger partial charge in [0.05, 0.1) is 6.10 Å². The fraction of sp³-hybridized carbons (Fsp3) is 0.333. The third-order valence-corrected chi connectivity index (χ3v) is 4.39. The van der Waals surface area contributed by atoms with Gasteiger partial charge in [0.2, 0.25) is 0 Å². The zero-order chi connectivity index (χ0) is 16.9. The number of likely N-dealkylation sites (tertiary alicyclic amines) is 1. The number of benzene rings is 1. The van der Waals surface area contributed by atoms with Gasteiger partial charge in [0, 0.05) is 37.9 Å². The Morgan fingerprint density at radius 2 is 2.12 bits per heavy atom. The van der Waals surface area contributed by atoms with Gasteiger partial charge in [-0.1, -0.05) is 35.9 Å². The van der Waals surface area contributed by atoms with E-state index in [9.17, 15) is 9.90 Å². The molecule has 0 saturated carbocycles. The SMILES string of the molecule is O=C(NCc1ccccc1CN1CC[C@H](O)C1)c1ccnc(Cl)c1. The molecule has 0 unspecified atom stereocenters. The summed E-state index contributed by atoms with van der Waals surface area (Å²) in [5.74, 6) is -0.175. The molecule has 0 aliphatic carbocycles. The van der Waals surface area contributed by atoms with Gasteiger partial charge in [0.15, 0.2) is 0 Å². The molecule has 1 fully saturated rings. The summed E-state index contributed by atoms with van der Waals surface area (Å²) in [6.45, 7) is 2.84. The molecule has 1 aromatic carbocycles. The van der Waals surface area contributed by atoms with Crippen molar-refractivity contribution in [1.29, 1.82) is 0 Å². The lowest BCUT2D eigenvalue weighted by molar-refractivity contribution is 0.0950. The van der Waals surface area contributed by atoms with E-state index in [1.54, 1.807) is 12.1 Å². The van der Waals surface area contributed by atoms with E-state index in [-0.39, 0.29) is 12.0 Å². The molecule has 2 aromatic rings. The summed E-state index contributed by atoms with van der Waals surface area (Å²) >= 11 is 5.82. The first-order valence-corrected chi connectivity index (χ1v) is 8.36. The van der Waals surface area contributed by atoms with E-state index >= 15 is 0 Å². The normalized spacial score (nSPS) is 17.8. The number of carbonyl (C=O) groups excluding carboxylic acids is 1. The van der Waals surface area contributed by atoms with Crippen LogP contribution >= 0.6 is 11.6 Å². The molecule has 3 rings (SSSR count). The monoisotopic (exact) mass is 345 g/mol. The maximum atomic E-state index is 12.2. The summed E-state index contributed by atoms with van der Waals surface area (Å²) in [4.78, 5) is 18.3. The molecule has 5 nitrogen and oxygen atoms in total. The minimum Gasteiger partial charge on any atom is -0.392 e. The number of nitrogens with one attached hydrogen (secondary N) is 1. The third kappa shape index (κ3) is 4.32. The van der Waals surface area contributed by atoms with E-state index in [0.717, 1.165) is 25.1 Å². The van der Waals surface area contributed by atoms with E-state index in [1.807, 2.05) is 18.2 Å². The van der Waals surface area contributed by atoms with Crippen molar-refractivity contribution >= 4 is 17.5 Å². The van der Waals surface area contributed by atoms with Crippen molar-refractivity contribution in [3.05, 3.63) is 64.4 Å². The van der Waals surface area contributed by atoms with Crippen LogP contribution in [-0.4, -0.2) is 40.1 Å². The van der Waals surface area contributed by atoms with Crippen LogP contribution in [0.25, 0.3) is 0 Å². The summed E-state index contributed by atoms with van der Waals surface area (Å²) in [7, 11) is 0. The zero-order valence-electron chi connectivity index (χ0n) is 13.3. The van der Waals surface area contributed by atoms with Crippen molar-refractivity contribution in [3.8, 4) is 0 Å². The van der Waals surface area contributed by atoms with Crippen LogP contribution in [0.3, 0.4) is 0 Å². The second-order valence-electron chi connectivity index (χ2n) is 6.00. The Kier molecular flexibility index (Phi) is 5.45. The number of halogens is 1. The lowest BCUT2D eigenvalue weighted by atomic mass is 10.1. The summed E-state index contributed by atoms with van der Waals surface area (Å²) in [6, 6.07) is 11.2. The van der Waals surface area contributed by atoms with Gasteiger partial charge in [-0.15, -0.1) is 0 Å². The van der Waals surface area contributed by atoms with Crippen LogP contribution in [0, 0.1) is 0 Å². The molecule has 1 saturated heterocycles. The standard InChI is InChI=1S/C18H20ClN3O2/c19-17-9-13(5-7-20-17)18(24)21-10-14-3-1-2-4-15(14)11-22-8-6-16(23)12-22/h1-5,7,9,16,23H,6,8,10-12H2,(H,21,24)/t16-/m0/s1. The Morgan fingerprint density at radius 3 is 2.83 bits per heavy atom. The van der Waals surface area contributed by atoms with Gasteiger partial charge in [-0.05, 0) is 29.7 Å². The molecule has 2 N–H and O–H groups in total. The van der Waals surface area contributed by atoms with Crippen molar-refractivity contribution in [1.82, 2.24) is 15.2 Å². The van der Waals surface area contributed by atoms with E-state index in [0.29, 0.717) is 23.8 Å². The molecular formula is C18H20ClN3O2. The number of aliphatic hydroxyl groups is 1. The number of aliphatic hydroxyl groups excluding tert-OH is 1. The van der Waals surface area contributed by atoms with E-state index < -0.39 is 0 Å². The fourth-order valence-corrected chi connectivity index (χ4v) is 3.08. The lowest BCUT2D eigenvalue weighted by Crippen LogP contribution is -2.25. The molecular weight excluding hydrogens is 326 g/mol. The quantitative estimate of drug-likeness (QED) is 0.816. The maximum absolute atomic E-state index is 12.2. The Morgan fingerprint density at radius 1 is 1.33 bits per heavy atom. The molecule has 24 heavy (non-hydrogen) atoms. The second-order valence-corrected chi connectivity index (χ2v) is 6.38. The molecule has 1 amide bonds. The van der Waals surface area contributed by atoms with Crippen LogP contribution in [0.5, 0.6) is 0 Å². The van der Waals surface area contributed by atoms with E-state index in [1.165, 1.54) is 11.8 Å². The van der Waals surface area contributed by atoms with Gasteiger partial charge < -0.3 is 10.4 Å². The van der Waals surface area contributed by atoms with Crippen molar-refractivity contribution in [2.75, 3.05) is 13.1 Å². The minimum absolute atomic E-state index is 0.175. The first-order chi connectivity index (χ1) is 11.6. The molecule has 1 aliphatic rings. The van der Waals surface area contributed by atoms with Crippen molar-refractivity contribution in [3.63, 3.8) is 0 Å². The van der Waals surface area contributed by atoms with E-state index in [2.05, 4.69) is 21.3 Å².